The number of amides is 1. The molecule has 0 saturated carbocycles. The maximum atomic E-state index is 12.1. The smallest absolute Gasteiger partial charge is 0.253 e. The molecule has 0 aliphatic carbocycles. The molecule has 1 aromatic rings. The Bertz CT molecular complexity index is 511. The minimum atomic E-state index is -0.597. The van der Waals surface area contributed by atoms with Crippen molar-refractivity contribution < 1.29 is 14.3 Å². The van der Waals surface area contributed by atoms with Crippen LogP contribution in [0.4, 0.5) is 11.4 Å². The SMILES string of the molecule is C[C@@H](OC[C@@H]1CCCCO1)C(=O)Nc1cc(Cl)c(N)c(Cl)c1. The zero-order valence-electron chi connectivity index (χ0n) is 12.4. The van der Waals surface area contributed by atoms with Gasteiger partial charge < -0.3 is 20.5 Å². The molecule has 5 nitrogen and oxygen atoms in total. The van der Waals surface area contributed by atoms with Crippen LogP contribution >= 0.6 is 23.2 Å². The number of hydrogen-bond donors (Lipinski definition) is 2. The van der Waals surface area contributed by atoms with Crippen LogP contribution in [-0.4, -0.2) is 31.3 Å². The summed E-state index contributed by atoms with van der Waals surface area (Å²) in [6, 6.07) is 3.11. The Kier molecular flexibility index (Phi) is 6.32. The molecule has 7 heteroatoms. The molecule has 0 bridgehead atoms. The Morgan fingerprint density at radius 3 is 2.73 bits per heavy atom. The summed E-state index contributed by atoms with van der Waals surface area (Å²) in [5, 5.41) is 3.31. The zero-order chi connectivity index (χ0) is 16.1. The predicted octanol–water partition coefficient (Wildman–Crippen LogP) is 3.49. The van der Waals surface area contributed by atoms with Gasteiger partial charge in [-0.25, -0.2) is 0 Å². The molecule has 1 heterocycles. The molecular weight excluding hydrogens is 327 g/mol. The third-order valence-electron chi connectivity index (χ3n) is 3.52. The van der Waals surface area contributed by atoms with Gasteiger partial charge in [0.1, 0.15) is 6.10 Å². The number of hydrogen-bond acceptors (Lipinski definition) is 4. The lowest BCUT2D eigenvalue weighted by molar-refractivity contribution is -0.130. The summed E-state index contributed by atoms with van der Waals surface area (Å²) in [6.45, 7) is 2.87. The van der Waals surface area contributed by atoms with Crippen LogP contribution in [0.25, 0.3) is 0 Å². The van der Waals surface area contributed by atoms with Crippen LogP contribution in [0.1, 0.15) is 26.2 Å². The second-order valence-corrected chi connectivity index (χ2v) is 6.12. The van der Waals surface area contributed by atoms with Crippen LogP contribution in [0.5, 0.6) is 0 Å². The van der Waals surface area contributed by atoms with E-state index in [4.69, 9.17) is 38.4 Å². The average Bonchev–Trinajstić information content (AvgIpc) is 2.51. The highest BCUT2D eigenvalue weighted by atomic mass is 35.5. The van der Waals surface area contributed by atoms with Crippen molar-refractivity contribution in [1.82, 2.24) is 0 Å². The number of carbonyl (C=O) groups excluding carboxylic acids is 1. The first-order valence-corrected chi connectivity index (χ1v) is 8.01. The van der Waals surface area contributed by atoms with Crippen molar-refractivity contribution in [3.63, 3.8) is 0 Å². The number of ether oxygens (including phenoxy) is 2. The average molecular weight is 347 g/mol. The molecule has 1 saturated heterocycles. The van der Waals surface area contributed by atoms with E-state index in [1.807, 2.05) is 0 Å². The standard InChI is InChI=1S/C15H20Cl2N2O3/c1-9(22-8-11-4-2-3-5-21-11)15(20)19-10-6-12(16)14(18)13(17)7-10/h6-7,9,11H,2-5,8,18H2,1H3,(H,19,20)/t9-,11+/m1/s1. The highest BCUT2D eigenvalue weighted by molar-refractivity contribution is 6.39. The van der Waals surface area contributed by atoms with Gasteiger partial charge in [-0.2, -0.15) is 0 Å². The third-order valence-corrected chi connectivity index (χ3v) is 4.15. The molecule has 122 valence electrons. The first-order valence-electron chi connectivity index (χ1n) is 7.26. The van der Waals surface area contributed by atoms with E-state index in [2.05, 4.69) is 5.32 Å². The largest absolute Gasteiger partial charge is 0.396 e. The van der Waals surface area contributed by atoms with Crippen LogP contribution in [0, 0.1) is 0 Å². The topological polar surface area (TPSA) is 73.6 Å². The van der Waals surface area contributed by atoms with Crippen molar-refractivity contribution in [2.24, 2.45) is 0 Å². The maximum Gasteiger partial charge on any atom is 0.253 e. The molecule has 1 fully saturated rings. The van der Waals surface area contributed by atoms with Crippen LogP contribution in [-0.2, 0) is 14.3 Å². The first kappa shape index (κ1) is 17.3. The Labute approximate surface area is 140 Å². The van der Waals surface area contributed by atoms with Gasteiger partial charge in [0.25, 0.3) is 5.91 Å². The van der Waals surface area contributed by atoms with E-state index in [9.17, 15) is 4.79 Å². The number of halogens is 2. The number of benzene rings is 1. The third kappa shape index (κ3) is 4.74. The fourth-order valence-corrected chi connectivity index (χ4v) is 2.65. The number of carbonyl (C=O) groups is 1. The molecule has 0 unspecified atom stereocenters. The van der Waals surface area contributed by atoms with Gasteiger partial charge in [-0.1, -0.05) is 23.2 Å². The van der Waals surface area contributed by atoms with Gasteiger partial charge in [-0.15, -0.1) is 0 Å². The molecule has 3 N–H and O–H groups in total. The van der Waals surface area contributed by atoms with Crippen LogP contribution in [0.2, 0.25) is 10.0 Å². The molecular formula is C15H20Cl2N2O3. The highest BCUT2D eigenvalue weighted by Gasteiger charge is 2.19. The molecule has 2 atom stereocenters. The fourth-order valence-electron chi connectivity index (χ4n) is 2.17. The molecule has 22 heavy (non-hydrogen) atoms. The molecule has 0 aromatic heterocycles. The van der Waals surface area contributed by atoms with E-state index >= 15 is 0 Å². The quantitative estimate of drug-likeness (QED) is 0.800. The predicted molar refractivity (Wildman–Crippen MR) is 88.5 cm³/mol. The highest BCUT2D eigenvalue weighted by Crippen LogP contribution is 2.31. The Hall–Kier alpha value is -1.01. The summed E-state index contributed by atoms with van der Waals surface area (Å²) in [5.41, 5.74) is 6.43. The summed E-state index contributed by atoms with van der Waals surface area (Å²) in [6.07, 6.45) is 2.67. The molecule has 0 radical (unpaired) electrons. The molecule has 1 aliphatic heterocycles. The number of nitrogens with one attached hydrogen (secondary N) is 1. The van der Waals surface area contributed by atoms with Gasteiger partial charge in [-0.3, -0.25) is 4.79 Å². The molecule has 0 spiro atoms. The van der Waals surface area contributed by atoms with E-state index < -0.39 is 6.10 Å². The normalized spacial score (nSPS) is 19.7. The van der Waals surface area contributed by atoms with Crippen LogP contribution in [0.15, 0.2) is 12.1 Å². The summed E-state index contributed by atoms with van der Waals surface area (Å²) in [5.74, 6) is -0.271. The number of anilines is 2. The summed E-state index contributed by atoms with van der Waals surface area (Å²) >= 11 is 11.9. The van der Waals surface area contributed by atoms with Gasteiger partial charge in [0.2, 0.25) is 0 Å². The molecule has 1 aliphatic rings. The first-order chi connectivity index (χ1) is 10.5. The lowest BCUT2D eigenvalue weighted by Crippen LogP contribution is -2.32. The lowest BCUT2D eigenvalue weighted by Gasteiger charge is -2.24. The Morgan fingerprint density at radius 1 is 1.45 bits per heavy atom. The van der Waals surface area contributed by atoms with Gasteiger partial charge in [0.05, 0.1) is 28.4 Å². The van der Waals surface area contributed by atoms with Crippen molar-refractivity contribution in [3.8, 4) is 0 Å². The number of nitrogens with two attached hydrogens (primary N) is 1. The minimum Gasteiger partial charge on any atom is -0.396 e. The molecule has 2 rings (SSSR count). The van der Waals surface area contributed by atoms with E-state index in [1.54, 1.807) is 19.1 Å². The number of nitrogen functional groups attached to an aromatic ring is 1. The summed E-state index contributed by atoms with van der Waals surface area (Å²) in [7, 11) is 0. The van der Waals surface area contributed by atoms with E-state index in [0.29, 0.717) is 28.0 Å². The van der Waals surface area contributed by atoms with Crippen molar-refractivity contribution in [1.29, 1.82) is 0 Å². The Morgan fingerprint density at radius 2 is 2.14 bits per heavy atom. The Balaban J connectivity index is 1.85. The van der Waals surface area contributed by atoms with Crippen molar-refractivity contribution in [3.05, 3.63) is 22.2 Å². The lowest BCUT2D eigenvalue weighted by atomic mass is 10.1. The van der Waals surface area contributed by atoms with Crippen molar-refractivity contribution in [2.45, 2.75) is 38.4 Å². The second-order valence-electron chi connectivity index (χ2n) is 5.31. The second kappa shape index (κ2) is 8.02. The van der Waals surface area contributed by atoms with Gasteiger partial charge in [0, 0.05) is 12.3 Å². The molecule has 1 aromatic carbocycles. The van der Waals surface area contributed by atoms with E-state index in [1.165, 1.54) is 0 Å². The van der Waals surface area contributed by atoms with Crippen molar-refractivity contribution >= 4 is 40.5 Å². The monoisotopic (exact) mass is 346 g/mol. The van der Waals surface area contributed by atoms with Gasteiger partial charge in [0.15, 0.2) is 0 Å². The number of rotatable bonds is 5. The van der Waals surface area contributed by atoms with Gasteiger partial charge >= 0.3 is 0 Å². The summed E-state index contributed by atoms with van der Waals surface area (Å²) in [4.78, 5) is 12.1. The van der Waals surface area contributed by atoms with Gasteiger partial charge in [-0.05, 0) is 38.3 Å². The maximum absolute atomic E-state index is 12.1. The minimum absolute atomic E-state index is 0.0735. The van der Waals surface area contributed by atoms with E-state index in [0.717, 1.165) is 25.9 Å². The fraction of sp³-hybridized carbons (Fsp3) is 0.533. The van der Waals surface area contributed by atoms with Crippen LogP contribution < -0.4 is 11.1 Å². The van der Waals surface area contributed by atoms with Crippen LogP contribution in [0.3, 0.4) is 0 Å². The van der Waals surface area contributed by atoms with Crippen molar-refractivity contribution in [2.75, 3.05) is 24.3 Å². The molecule has 1 amide bonds. The zero-order valence-corrected chi connectivity index (χ0v) is 13.9. The van der Waals surface area contributed by atoms with E-state index in [-0.39, 0.29) is 12.0 Å². The summed E-state index contributed by atoms with van der Waals surface area (Å²) < 4.78 is 11.1.